The molecule has 0 aliphatic carbocycles. The highest BCUT2D eigenvalue weighted by Crippen LogP contribution is 2.24. The third-order valence-corrected chi connectivity index (χ3v) is 9.61. The molecule has 0 bridgehead atoms. The van der Waals surface area contributed by atoms with Crippen LogP contribution in [0, 0.1) is 5.92 Å². The first kappa shape index (κ1) is 43.9. The Morgan fingerprint density at radius 1 is 0.511 bits per heavy atom. The van der Waals surface area contributed by atoms with E-state index in [9.17, 15) is 4.79 Å². The Balaban J connectivity index is 4.85. The van der Waals surface area contributed by atoms with Gasteiger partial charge < -0.3 is 9.80 Å². The van der Waals surface area contributed by atoms with E-state index in [1.54, 1.807) is 0 Å². The Bertz CT molecular complexity index is 670. The highest BCUT2D eigenvalue weighted by molar-refractivity contribution is 5.79. The lowest BCUT2D eigenvalue weighted by Crippen LogP contribution is -2.45. The number of hydrogen-bond acceptors (Lipinski definition) is 2. The number of allylic oxidation sites excluding steroid dienone is 4. The molecule has 0 aromatic heterocycles. The number of amides is 1. The Morgan fingerprint density at radius 2 is 0.956 bits per heavy atom. The molecule has 0 aliphatic heterocycles. The van der Waals surface area contributed by atoms with Gasteiger partial charge >= 0.3 is 0 Å². The standard InChI is InChI=1S/C42H82N2O/c1-7-11-14-16-18-19-20-21-22-23-24-25-26-28-30-33-37-41(36-32-29-27-17-15-12-8-2)44(39-34-38-43(5)6)42(45)40(10-4)35-31-13-9-3/h18-19,21-22,40-41H,7-17,20,23-39H2,1-6H3/b19-18-,22-21-. The van der Waals surface area contributed by atoms with Gasteiger partial charge in [-0.25, -0.2) is 0 Å². The van der Waals surface area contributed by atoms with E-state index in [-0.39, 0.29) is 5.92 Å². The molecule has 0 saturated heterocycles. The van der Waals surface area contributed by atoms with Crippen LogP contribution in [0.1, 0.15) is 201 Å². The second kappa shape index (κ2) is 34.3. The van der Waals surface area contributed by atoms with E-state index in [1.165, 1.54) is 148 Å². The van der Waals surface area contributed by atoms with Crippen molar-refractivity contribution in [2.75, 3.05) is 27.2 Å². The molecule has 3 nitrogen and oxygen atoms in total. The number of unbranched alkanes of at least 4 members (excludes halogenated alkanes) is 17. The lowest BCUT2D eigenvalue weighted by atomic mass is 9.93. The minimum Gasteiger partial charge on any atom is -0.339 e. The number of nitrogens with zero attached hydrogens (tertiary/aromatic N) is 2. The van der Waals surface area contributed by atoms with E-state index in [0.717, 1.165) is 38.8 Å². The first-order valence-corrected chi connectivity index (χ1v) is 20.3. The van der Waals surface area contributed by atoms with E-state index in [1.807, 2.05) is 0 Å². The zero-order chi connectivity index (χ0) is 33.2. The number of rotatable bonds is 34. The molecule has 45 heavy (non-hydrogen) atoms. The molecule has 0 rings (SSSR count). The van der Waals surface area contributed by atoms with Gasteiger partial charge in [0.15, 0.2) is 0 Å². The molecular formula is C42H82N2O. The van der Waals surface area contributed by atoms with Gasteiger partial charge in [0.25, 0.3) is 0 Å². The maximum absolute atomic E-state index is 14.1. The van der Waals surface area contributed by atoms with Gasteiger partial charge in [-0.3, -0.25) is 4.79 Å². The summed E-state index contributed by atoms with van der Waals surface area (Å²) in [4.78, 5) is 18.7. The van der Waals surface area contributed by atoms with E-state index < -0.39 is 0 Å². The van der Waals surface area contributed by atoms with Crippen molar-refractivity contribution in [2.45, 2.75) is 207 Å². The molecule has 0 N–H and O–H groups in total. The van der Waals surface area contributed by atoms with Crippen molar-refractivity contribution in [3.8, 4) is 0 Å². The minimum atomic E-state index is 0.211. The average molecular weight is 631 g/mol. The topological polar surface area (TPSA) is 23.6 Å². The molecule has 0 fully saturated rings. The Hall–Kier alpha value is -1.09. The maximum Gasteiger partial charge on any atom is 0.225 e. The molecule has 0 spiro atoms. The smallest absolute Gasteiger partial charge is 0.225 e. The molecule has 0 aromatic rings. The van der Waals surface area contributed by atoms with E-state index in [2.05, 4.69) is 75.9 Å². The van der Waals surface area contributed by atoms with Gasteiger partial charge in [0.2, 0.25) is 5.91 Å². The van der Waals surface area contributed by atoms with Crippen LogP contribution in [0.3, 0.4) is 0 Å². The van der Waals surface area contributed by atoms with Crippen molar-refractivity contribution in [1.29, 1.82) is 0 Å². The molecule has 3 heteroatoms. The zero-order valence-electron chi connectivity index (χ0n) is 31.8. The van der Waals surface area contributed by atoms with Crippen LogP contribution in [-0.2, 0) is 4.79 Å². The number of carbonyl (C=O) groups is 1. The fourth-order valence-electron chi connectivity index (χ4n) is 6.57. The van der Waals surface area contributed by atoms with Gasteiger partial charge in [-0.2, -0.15) is 0 Å². The number of carbonyl (C=O) groups excluding carboxylic acids is 1. The van der Waals surface area contributed by atoms with E-state index >= 15 is 0 Å². The molecule has 0 heterocycles. The molecular weight excluding hydrogens is 548 g/mol. The summed E-state index contributed by atoms with van der Waals surface area (Å²) >= 11 is 0. The van der Waals surface area contributed by atoms with Crippen molar-refractivity contribution >= 4 is 5.91 Å². The second-order valence-corrected chi connectivity index (χ2v) is 14.2. The summed E-state index contributed by atoms with van der Waals surface area (Å²) < 4.78 is 0. The van der Waals surface area contributed by atoms with Crippen molar-refractivity contribution < 1.29 is 4.79 Å². The molecule has 0 aromatic carbocycles. The summed E-state index contributed by atoms with van der Waals surface area (Å²) in [5.41, 5.74) is 0. The Labute approximate surface area is 284 Å². The highest BCUT2D eigenvalue weighted by atomic mass is 16.2. The van der Waals surface area contributed by atoms with Crippen molar-refractivity contribution in [3.63, 3.8) is 0 Å². The van der Waals surface area contributed by atoms with Crippen molar-refractivity contribution in [2.24, 2.45) is 5.92 Å². The molecule has 266 valence electrons. The second-order valence-electron chi connectivity index (χ2n) is 14.2. The fraction of sp³-hybridized carbons (Fsp3) is 0.881. The quantitative estimate of drug-likeness (QED) is 0.0521. The third-order valence-electron chi connectivity index (χ3n) is 9.61. The zero-order valence-corrected chi connectivity index (χ0v) is 31.8. The Kier molecular flexibility index (Phi) is 33.4. The molecule has 0 saturated carbocycles. The Morgan fingerprint density at radius 3 is 1.49 bits per heavy atom. The minimum absolute atomic E-state index is 0.211. The predicted octanol–water partition coefficient (Wildman–Crippen LogP) is 13.1. The molecule has 0 radical (unpaired) electrons. The fourth-order valence-corrected chi connectivity index (χ4v) is 6.57. The lowest BCUT2D eigenvalue weighted by molar-refractivity contribution is -0.139. The van der Waals surface area contributed by atoms with Crippen LogP contribution < -0.4 is 0 Å². The van der Waals surface area contributed by atoms with Crippen molar-refractivity contribution in [1.82, 2.24) is 9.80 Å². The van der Waals surface area contributed by atoms with Crippen molar-refractivity contribution in [3.05, 3.63) is 24.3 Å². The van der Waals surface area contributed by atoms with Crippen LogP contribution in [0.4, 0.5) is 0 Å². The molecule has 1 amide bonds. The van der Waals surface area contributed by atoms with E-state index in [4.69, 9.17) is 0 Å². The summed E-state index contributed by atoms with van der Waals surface area (Å²) in [5.74, 6) is 0.684. The van der Waals surface area contributed by atoms with Gasteiger partial charge in [-0.05, 0) is 84.8 Å². The van der Waals surface area contributed by atoms with E-state index in [0.29, 0.717) is 11.9 Å². The first-order valence-electron chi connectivity index (χ1n) is 20.3. The van der Waals surface area contributed by atoms with Crippen LogP contribution in [-0.4, -0.2) is 48.9 Å². The summed E-state index contributed by atoms with van der Waals surface area (Å²) in [6.45, 7) is 11.1. The molecule has 2 unspecified atom stereocenters. The third kappa shape index (κ3) is 27.7. The van der Waals surface area contributed by atoms with Crippen LogP contribution in [0.15, 0.2) is 24.3 Å². The number of hydrogen-bond donors (Lipinski definition) is 0. The van der Waals surface area contributed by atoms with Gasteiger partial charge in [-0.1, -0.05) is 161 Å². The average Bonchev–Trinajstić information content (AvgIpc) is 3.03. The summed E-state index contributed by atoms with van der Waals surface area (Å²) in [5, 5.41) is 0. The van der Waals surface area contributed by atoms with Gasteiger partial charge in [0.1, 0.15) is 0 Å². The van der Waals surface area contributed by atoms with Crippen LogP contribution in [0.5, 0.6) is 0 Å². The van der Waals surface area contributed by atoms with Gasteiger partial charge in [-0.15, -0.1) is 0 Å². The van der Waals surface area contributed by atoms with Gasteiger partial charge in [0, 0.05) is 18.5 Å². The normalized spacial score (nSPS) is 13.4. The highest BCUT2D eigenvalue weighted by Gasteiger charge is 2.28. The van der Waals surface area contributed by atoms with Gasteiger partial charge in [0.05, 0.1) is 0 Å². The lowest BCUT2D eigenvalue weighted by Gasteiger charge is -2.35. The maximum atomic E-state index is 14.1. The molecule has 2 atom stereocenters. The predicted molar refractivity (Wildman–Crippen MR) is 203 cm³/mol. The SMILES string of the molecule is CCCCC/C=C\C/C=C\CCCCCCCCC(CCCCCCCCC)N(CCCN(C)C)C(=O)C(CC)CCCCC. The summed E-state index contributed by atoms with van der Waals surface area (Å²) in [6, 6.07) is 0.432. The summed E-state index contributed by atoms with van der Waals surface area (Å²) in [7, 11) is 4.32. The van der Waals surface area contributed by atoms with Crippen LogP contribution in [0.25, 0.3) is 0 Å². The van der Waals surface area contributed by atoms with Crippen LogP contribution >= 0.6 is 0 Å². The first-order chi connectivity index (χ1) is 22.0. The van der Waals surface area contributed by atoms with Crippen LogP contribution in [0.2, 0.25) is 0 Å². The molecule has 0 aliphatic rings. The monoisotopic (exact) mass is 631 g/mol. The summed E-state index contributed by atoms with van der Waals surface area (Å²) in [6.07, 6.45) is 43.6. The largest absolute Gasteiger partial charge is 0.339 e.